The molecule has 0 radical (unpaired) electrons. The van der Waals surface area contributed by atoms with Gasteiger partial charge in [0, 0.05) is 18.7 Å². The Kier molecular flexibility index (Phi) is 4.49. The number of nitrogens with one attached hydrogen (secondary N) is 2. The number of hydrogen-bond acceptors (Lipinski definition) is 5. The van der Waals surface area contributed by atoms with Crippen molar-refractivity contribution < 1.29 is 13.2 Å². The van der Waals surface area contributed by atoms with Crippen LogP contribution in [0.2, 0.25) is 0 Å². The van der Waals surface area contributed by atoms with Gasteiger partial charge in [-0.25, -0.2) is 18.4 Å². The van der Waals surface area contributed by atoms with E-state index in [4.69, 9.17) is 5.14 Å². The Balaban J connectivity index is 1.57. The van der Waals surface area contributed by atoms with Gasteiger partial charge in [0.25, 0.3) is 0 Å². The van der Waals surface area contributed by atoms with Crippen LogP contribution >= 0.6 is 0 Å². The molecular formula is C14H18N6O3S. The smallest absolute Gasteiger partial charge is 0.319 e. The van der Waals surface area contributed by atoms with Gasteiger partial charge in [-0.15, -0.1) is 10.2 Å². The fourth-order valence-electron chi connectivity index (χ4n) is 2.56. The van der Waals surface area contributed by atoms with E-state index in [-0.39, 0.29) is 11.4 Å². The molecule has 10 heteroatoms. The summed E-state index contributed by atoms with van der Waals surface area (Å²) in [7, 11) is -3.74. The minimum atomic E-state index is -3.74. The topological polar surface area (TPSA) is 132 Å². The molecule has 0 fully saturated rings. The van der Waals surface area contributed by atoms with E-state index in [1.54, 1.807) is 0 Å². The summed E-state index contributed by atoms with van der Waals surface area (Å²) in [6, 6.07) is 5.20. The Morgan fingerprint density at radius 3 is 2.67 bits per heavy atom. The van der Waals surface area contributed by atoms with Gasteiger partial charge in [-0.05, 0) is 37.1 Å². The number of anilines is 1. The van der Waals surface area contributed by atoms with E-state index in [1.807, 2.05) is 4.57 Å². The summed E-state index contributed by atoms with van der Waals surface area (Å²) >= 11 is 0. The van der Waals surface area contributed by atoms with E-state index in [0.717, 1.165) is 37.5 Å². The summed E-state index contributed by atoms with van der Waals surface area (Å²) in [5.74, 6) is 1.68. The largest absolute Gasteiger partial charge is 0.331 e. The Morgan fingerprint density at radius 2 is 1.96 bits per heavy atom. The first kappa shape index (κ1) is 16.4. The van der Waals surface area contributed by atoms with Crippen molar-refractivity contribution in [2.75, 3.05) is 5.32 Å². The zero-order chi connectivity index (χ0) is 17.2. The van der Waals surface area contributed by atoms with Gasteiger partial charge >= 0.3 is 6.03 Å². The maximum atomic E-state index is 11.9. The van der Waals surface area contributed by atoms with Crippen molar-refractivity contribution in [3.63, 3.8) is 0 Å². The van der Waals surface area contributed by atoms with Crippen LogP contribution in [0.3, 0.4) is 0 Å². The fraction of sp³-hybridized carbons (Fsp3) is 0.357. The van der Waals surface area contributed by atoms with Crippen LogP contribution in [0.4, 0.5) is 10.5 Å². The van der Waals surface area contributed by atoms with E-state index in [1.165, 1.54) is 24.3 Å². The predicted molar refractivity (Wildman–Crippen MR) is 86.6 cm³/mol. The van der Waals surface area contributed by atoms with Gasteiger partial charge in [-0.1, -0.05) is 0 Å². The van der Waals surface area contributed by atoms with E-state index in [2.05, 4.69) is 20.8 Å². The molecule has 1 aliphatic rings. The van der Waals surface area contributed by atoms with Crippen molar-refractivity contribution in [1.29, 1.82) is 0 Å². The highest BCUT2D eigenvalue weighted by molar-refractivity contribution is 7.89. The minimum absolute atomic E-state index is 0.0106. The molecule has 1 aromatic heterocycles. The number of aryl methyl sites for hydroxylation is 1. The van der Waals surface area contributed by atoms with Crippen LogP contribution in [-0.4, -0.2) is 29.2 Å². The maximum Gasteiger partial charge on any atom is 0.319 e. The number of nitrogens with two attached hydrogens (primary N) is 1. The third-order valence-electron chi connectivity index (χ3n) is 3.78. The normalized spacial score (nSPS) is 14.0. The second-order valence-corrected chi connectivity index (χ2v) is 7.08. The number of primary sulfonamides is 1. The fourth-order valence-corrected chi connectivity index (χ4v) is 3.08. The Bertz CT molecular complexity index is 844. The monoisotopic (exact) mass is 350 g/mol. The number of nitrogens with zero attached hydrogens (tertiary/aromatic N) is 3. The molecule has 1 aliphatic heterocycles. The molecule has 4 N–H and O–H groups in total. The quantitative estimate of drug-likeness (QED) is 0.742. The van der Waals surface area contributed by atoms with Crippen molar-refractivity contribution >= 4 is 21.7 Å². The second-order valence-electron chi connectivity index (χ2n) is 5.52. The first-order valence-electron chi connectivity index (χ1n) is 7.52. The van der Waals surface area contributed by atoms with Crippen LogP contribution in [0, 0.1) is 0 Å². The van der Waals surface area contributed by atoms with Crippen LogP contribution in [0.25, 0.3) is 0 Å². The molecule has 9 nitrogen and oxygen atoms in total. The van der Waals surface area contributed by atoms with Crippen molar-refractivity contribution in [3.8, 4) is 0 Å². The highest BCUT2D eigenvalue weighted by Gasteiger charge is 2.16. The number of carbonyl (C=O) groups is 1. The van der Waals surface area contributed by atoms with E-state index in [9.17, 15) is 13.2 Å². The van der Waals surface area contributed by atoms with Crippen LogP contribution < -0.4 is 15.8 Å². The molecule has 0 unspecified atom stereocenters. The maximum absolute atomic E-state index is 11.9. The van der Waals surface area contributed by atoms with E-state index < -0.39 is 16.1 Å². The number of sulfonamides is 1. The number of carbonyl (C=O) groups excluding carboxylic acids is 1. The molecule has 0 bridgehead atoms. The van der Waals surface area contributed by atoms with Crippen molar-refractivity contribution in [2.45, 2.75) is 37.2 Å². The summed E-state index contributed by atoms with van der Waals surface area (Å²) < 4.78 is 24.4. The average Bonchev–Trinajstić information content (AvgIpc) is 2.96. The zero-order valence-electron chi connectivity index (χ0n) is 12.9. The first-order chi connectivity index (χ1) is 11.4. The summed E-state index contributed by atoms with van der Waals surface area (Å²) in [6.07, 6.45) is 3.11. The van der Waals surface area contributed by atoms with Gasteiger partial charge in [-0.2, -0.15) is 0 Å². The van der Waals surface area contributed by atoms with Gasteiger partial charge in [0.2, 0.25) is 10.0 Å². The average molecular weight is 350 g/mol. The molecule has 2 heterocycles. The SMILES string of the molecule is NS(=O)(=O)c1ccc(NC(=O)NCc2nnc3n2CCCC3)cc1. The zero-order valence-corrected chi connectivity index (χ0v) is 13.7. The van der Waals surface area contributed by atoms with E-state index >= 15 is 0 Å². The lowest BCUT2D eigenvalue weighted by Crippen LogP contribution is -2.30. The number of hydrogen-bond donors (Lipinski definition) is 3. The number of fused-ring (bicyclic) bond motifs is 1. The van der Waals surface area contributed by atoms with Crippen molar-refractivity contribution in [2.24, 2.45) is 5.14 Å². The van der Waals surface area contributed by atoms with Crippen LogP contribution in [0.5, 0.6) is 0 Å². The molecule has 2 amide bonds. The van der Waals surface area contributed by atoms with Crippen LogP contribution in [0.1, 0.15) is 24.5 Å². The summed E-state index contributed by atoms with van der Waals surface area (Å²) in [5.41, 5.74) is 0.461. The van der Waals surface area contributed by atoms with Gasteiger partial charge in [0.15, 0.2) is 5.82 Å². The highest BCUT2D eigenvalue weighted by atomic mass is 32.2. The summed E-state index contributed by atoms with van der Waals surface area (Å²) in [6.45, 7) is 1.14. The predicted octanol–water partition coefficient (Wildman–Crippen LogP) is 0.583. The van der Waals surface area contributed by atoms with Gasteiger partial charge in [-0.3, -0.25) is 0 Å². The summed E-state index contributed by atoms with van der Waals surface area (Å²) in [4.78, 5) is 11.9. The number of amides is 2. The lowest BCUT2D eigenvalue weighted by molar-refractivity contribution is 0.251. The molecule has 0 saturated carbocycles. The lowest BCUT2D eigenvalue weighted by atomic mass is 10.2. The third-order valence-corrected chi connectivity index (χ3v) is 4.71. The van der Waals surface area contributed by atoms with Crippen molar-refractivity contribution in [3.05, 3.63) is 35.9 Å². The minimum Gasteiger partial charge on any atom is -0.331 e. The van der Waals surface area contributed by atoms with Crippen LogP contribution in [-0.2, 0) is 29.5 Å². The van der Waals surface area contributed by atoms with Crippen molar-refractivity contribution in [1.82, 2.24) is 20.1 Å². The Hall–Kier alpha value is -2.46. The van der Waals surface area contributed by atoms with Gasteiger partial charge in [0.05, 0.1) is 11.4 Å². The van der Waals surface area contributed by atoms with Gasteiger partial charge < -0.3 is 15.2 Å². The molecule has 128 valence electrons. The molecule has 0 atom stereocenters. The Morgan fingerprint density at radius 1 is 1.21 bits per heavy atom. The molecule has 0 saturated heterocycles. The van der Waals surface area contributed by atoms with E-state index in [0.29, 0.717) is 5.69 Å². The Labute approximate surface area is 139 Å². The molecule has 0 spiro atoms. The molecule has 0 aliphatic carbocycles. The molecule has 24 heavy (non-hydrogen) atoms. The number of benzene rings is 1. The molecular weight excluding hydrogens is 332 g/mol. The molecule has 2 aromatic rings. The highest BCUT2D eigenvalue weighted by Crippen LogP contribution is 2.14. The second kappa shape index (κ2) is 6.57. The lowest BCUT2D eigenvalue weighted by Gasteiger charge is -2.15. The number of rotatable bonds is 4. The number of urea groups is 1. The third kappa shape index (κ3) is 3.71. The standard InChI is InChI=1S/C14H18N6O3S/c15-24(22,23)11-6-4-10(5-7-11)17-14(21)16-9-13-19-18-12-3-1-2-8-20(12)13/h4-7H,1-3,8-9H2,(H2,15,22,23)(H2,16,17,21). The summed E-state index contributed by atoms with van der Waals surface area (Å²) in [5, 5.41) is 18.6. The molecule has 3 rings (SSSR count). The molecule has 1 aromatic carbocycles. The first-order valence-corrected chi connectivity index (χ1v) is 9.07. The number of aromatic nitrogens is 3. The van der Waals surface area contributed by atoms with Crippen LogP contribution in [0.15, 0.2) is 29.2 Å². The van der Waals surface area contributed by atoms with Gasteiger partial charge in [0.1, 0.15) is 5.82 Å².